The zero-order valence-corrected chi connectivity index (χ0v) is 15.9. The predicted octanol–water partition coefficient (Wildman–Crippen LogP) is 2.17. The van der Waals surface area contributed by atoms with E-state index in [1.165, 1.54) is 19.0 Å². The van der Waals surface area contributed by atoms with Gasteiger partial charge in [0.1, 0.15) is 17.5 Å². The lowest BCUT2D eigenvalue weighted by atomic mass is 9.84. The molecule has 1 heterocycles. The normalized spacial score (nSPS) is 16.9. The van der Waals surface area contributed by atoms with Crippen LogP contribution in [0.3, 0.4) is 0 Å². The van der Waals surface area contributed by atoms with Gasteiger partial charge in [-0.05, 0) is 29.8 Å². The Labute approximate surface area is 167 Å². The van der Waals surface area contributed by atoms with Crippen molar-refractivity contribution in [2.75, 3.05) is 18.7 Å². The van der Waals surface area contributed by atoms with Gasteiger partial charge in [0, 0.05) is 11.8 Å². The molecule has 0 aliphatic carbocycles. The van der Waals surface area contributed by atoms with Gasteiger partial charge >= 0.3 is 0 Å². The fourth-order valence-corrected chi connectivity index (χ4v) is 3.28. The molecule has 0 radical (unpaired) electrons. The van der Waals surface area contributed by atoms with E-state index in [1.807, 2.05) is 0 Å². The van der Waals surface area contributed by atoms with Crippen molar-refractivity contribution in [3.05, 3.63) is 70.3 Å². The second-order valence-corrected chi connectivity index (χ2v) is 6.52. The van der Waals surface area contributed by atoms with Crippen LogP contribution in [0.15, 0.2) is 59.7 Å². The maximum absolute atomic E-state index is 13.2. The van der Waals surface area contributed by atoms with Crippen molar-refractivity contribution in [3.63, 3.8) is 0 Å². The van der Waals surface area contributed by atoms with E-state index in [-0.39, 0.29) is 5.84 Å². The fraction of sp³-hybridized carbons (Fsp3) is 0.250. The summed E-state index contributed by atoms with van der Waals surface area (Å²) in [6.45, 7) is 0.801. The molecular weight excluding hydrogens is 376 g/mol. The molecule has 2 amide bonds. The summed E-state index contributed by atoms with van der Waals surface area (Å²) in [6, 6.07) is 15.4. The number of nitrogens with zero attached hydrogens (tertiary/aromatic N) is 3. The van der Waals surface area contributed by atoms with Crippen LogP contribution in [-0.4, -0.2) is 36.2 Å². The molecule has 0 fully saturated rings. The number of para-hydroxylation sites is 1. The summed E-state index contributed by atoms with van der Waals surface area (Å²) in [5.41, 5.74) is 1.09. The van der Waals surface area contributed by atoms with Gasteiger partial charge in [0.2, 0.25) is 12.5 Å². The average Bonchev–Trinajstić information content (AvgIpc) is 3.02. The maximum atomic E-state index is 13.2. The molecule has 0 saturated heterocycles. The van der Waals surface area contributed by atoms with Crippen molar-refractivity contribution >= 4 is 23.3 Å². The molecular formula is C20H20N4O5. The van der Waals surface area contributed by atoms with E-state index in [1.54, 1.807) is 54.6 Å². The molecule has 9 nitrogen and oxygen atoms in total. The molecule has 0 spiro atoms. The largest absolute Gasteiger partial charge is 0.497 e. The lowest BCUT2D eigenvalue weighted by molar-refractivity contribution is -0.484. The highest BCUT2D eigenvalue weighted by Crippen LogP contribution is 2.34. The minimum atomic E-state index is -1.00. The topological polar surface area (TPSA) is 114 Å². The highest BCUT2D eigenvalue weighted by atomic mass is 16.6. The molecule has 0 bridgehead atoms. The predicted molar refractivity (Wildman–Crippen MR) is 106 cm³/mol. The summed E-state index contributed by atoms with van der Waals surface area (Å²) >= 11 is 0. The molecule has 2 atom stereocenters. The van der Waals surface area contributed by atoms with Gasteiger partial charge in [0.05, 0.1) is 18.7 Å². The number of methoxy groups -OCH3 is 1. The van der Waals surface area contributed by atoms with Crippen LogP contribution in [-0.2, 0) is 9.59 Å². The number of carbonyl (C=O) groups is 2. The number of carbonyl (C=O) groups excluding carboxylic acids is 2. The zero-order valence-electron chi connectivity index (χ0n) is 15.9. The van der Waals surface area contributed by atoms with Gasteiger partial charge < -0.3 is 10.1 Å². The van der Waals surface area contributed by atoms with Gasteiger partial charge in [0.15, 0.2) is 0 Å². The van der Waals surface area contributed by atoms with E-state index < -0.39 is 35.1 Å². The van der Waals surface area contributed by atoms with Crippen LogP contribution in [0.25, 0.3) is 0 Å². The van der Waals surface area contributed by atoms with Crippen LogP contribution in [0.4, 0.5) is 5.69 Å². The molecule has 0 unspecified atom stereocenters. The molecule has 1 N–H and O–H groups in total. The number of hydrogen-bond acceptors (Lipinski definition) is 6. The highest BCUT2D eigenvalue weighted by molar-refractivity contribution is 6.18. The molecule has 1 aliphatic heterocycles. The number of nitrogens with one attached hydrogen (secondary N) is 1. The summed E-state index contributed by atoms with van der Waals surface area (Å²) in [5, 5.41) is 19.4. The zero-order chi connectivity index (χ0) is 21.0. The molecule has 2 aromatic rings. The van der Waals surface area contributed by atoms with E-state index in [0.29, 0.717) is 17.0 Å². The molecule has 0 saturated carbocycles. The number of amides is 2. The van der Waals surface area contributed by atoms with E-state index in [4.69, 9.17) is 4.74 Å². The number of anilines is 1. The Morgan fingerprint density at radius 1 is 1.24 bits per heavy atom. The van der Waals surface area contributed by atoms with Crippen molar-refractivity contribution in [1.29, 1.82) is 0 Å². The van der Waals surface area contributed by atoms with Crippen LogP contribution in [0.2, 0.25) is 0 Å². The molecule has 150 valence electrons. The number of ether oxygens (including phenoxy) is 1. The SMILES string of the molecule is COc1ccc([C@@H](C[N+](=O)[O-])[C@@H]2C(=O)N(c3ccccc3)N=C2NC(C)=O)cc1. The quantitative estimate of drug-likeness (QED) is 0.594. The first kappa shape index (κ1) is 20.0. The first-order chi connectivity index (χ1) is 13.9. The van der Waals surface area contributed by atoms with Gasteiger partial charge in [0.25, 0.3) is 5.91 Å². The smallest absolute Gasteiger partial charge is 0.259 e. The number of amidine groups is 1. The third-order valence-electron chi connectivity index (χ3n) is 4.57. The van der Waals surface area contributed by atoms with Gasteiger partial charge in [-0.3, -0.25) is 19.7 Å². The Hall–Kier alpha value is -3.75. The lowest BCUT2D eigenvalue weighted by Crippen LogP contribution is -2.41. The first-order valence-corrected chi connectivity index (χ1v) is 8.91. The number of nitro groups is 1. The van der Waals surface area contributed by atoms with Crippen molar-refractivity contribution in [1.82, 2.24) is 5.32 Å². The van der Waals surface area contributed by atoms with E-state index in [0.717, 1.165) is 0 Å². The standard InChI is InChI=1S/C20H20N4O5/c1-13(25)21-19-18(20(26)24(22-19)15-6-4-3-5-7-15)17(12-23(27)28)14-8-10-16(29-2)11-9-14/h3-11,17-18H,12H2,1-2H3,(H,21,22,25)/t17-,18+/m1/s1. The van der Waals surface area contributed by atoms with Crippen LogP contribution in [0, 0.1) is 16.0 Å². The summed E-state index contributed by atoms with van der Waals surface area (Å²) in [4.78, 5) is 35.8. The summed E-state index contributed by atoms with van der Waals surface area (Å²) in [5.74, 6) is -1.99. The number of hydrazone groups is 1. The second-order valence-electron chi connectivity index (χ2n) is 6.52. The van der Waals surface area contributed by atoms with Gasteiger partial charge in [-0.15, -0.1) is 0 Å². The minimum Gasteiger partial charge on any atom is -0.497 e. The number of benzene rings is 2. The molecule has 0 aromatic heterocycles. The molecule has 9 heteroatoms. The van der Waals surface area contributed by atoms with E-state index in [9.17, 15) is 19.7 Å². The van der Waals surface area contributed by atoms with Crippen LogP contribution in [0.5, 0.6) is 5.75 Å². The van der Waals surface area contributed by atoms with Crippen LogP contribution < -0.4 is 15.1 Å². The van der Waals surface area contributed by atoms with Gasteiger partial charge in [-0.25, -0.2) is 0 Å². The van der Waals surface area contributed by atoms with Crippen LogP contribution in [0.1, 0.15) is 18.4 Å². The Morgan fingerprint density at radius 3 is 2.45 bits per heavy atom. The lowest BCUT2D eigenvalue weighted by Gasteiger charge is -2.21. The first-order valence-electron chi connectivity index (χ1n) is 8.91. The van der Waals surface area contributed by atoms with E-state index in [2.05, 4.69) is 10.4 Å². The average molecular weight is 396 g/mol. The van der Waals surface area contributed by atoms with Crippen molar-refractivity contribution in [2.24, 2.45) is 11.0 Å². The monoisotopic (exact) mass is 396 g/mol. The molecule has 1 aliphatic rings. The Morgan fingerprint density at radius 2 is 1.90 bits per heavy atom. The Kier molecular flexibility index (Phi) is 5.87. The van der Waals surface area contributed by atoms with Crippen molar-refractivity contribution in [3.8, 4) is 5.75 Å². The Bertz CT molecular complexity index is 943. The van der Waals surface area contributed by atoms with E-state index >= 15 is 0 Å². The Balaban J connectivity index is 2.03. The van der Waals surface area contributed by atoms with Crippen molar-refractivity contribution < 1.29 is 19.2 Å². The maximum Gasteiger partial charge on any atom is 0.259 e. The molecule has 2 aromatic carbocycles. The number of rotatable bonds is 6. The highest BCUT2D eigenvalue weighted by Gasteiger charge is 2.45. The van der Waals surface area contributed by atoms with Gasteiger partial charge in [-0.1, -0.05) is 30.3 Å². The third kappa shape index (κ3) is 4.40. The summed E-state index contributed by atoms with van der Waals surface area (Å²) in [6.07, 6.45) is 0. The van der Waals surface area contributed by atoms with Gasteiger partial charge in [-0.2, -0.15) is 10.1 Å². The fourth-order valence-electron chi connectivity index (χ4n) is 3.28. The second kappa shape index (κ2) is 8.51. The number of hydrogen-bond donors (Lipinski definition) is 1. The third-order valence-corrected chi connectivity index (χ3v) is 4.57. The van der Waals surface area contributed by atoms with Crippen LogP contribution >= 0.6 is 0 Å². The molecule has 3 rings (SSSR count). The molecule has 29 heavy (non-hydrogen) atoms. The summed E-state index contributed by atoms with van der Waals surface area (Å²) in [7, 11) is 1.52. The minimum absolute atomic E-state index is 0.0917. The summed E-state index contributed by atoms with van der Waals surface area (Å²) < 4.78 is 5.14. The van der Waals surface area contributed by atoms with Crippen molar-refractivity contribution in [2.45, 2.75) is 12.8 Å².